The zero-order valence-electron chi connectivity index (χ0n) is 13.8. The van der Waals surface area contributed by atoms with E-state index in [1.165, 1.54) is 5.69 Å². The summed E-state index contributed by atoms with van der Waals surface area (Å²) in [6, 6.07) is 18.0. The largest absolute Gasteiger partial charge is 0.419 e. The fourth-order valence-electron chi connectivity index (χ4n) is 3.05. The molecule has 1 aliphatic rings. The number of nitrogens with zero attached hydrogens (tertiary/aromatic N) is 4. The summed E-state index contributed by atoms with van der Waals surface area (Å²) in [5.41, 5.74) is 2.13. The van der Waals surface area contributed by atoms with Crippen molar-refractivity contribution < 1.29 is 4.42 Å². The van der Waals surface area contributed by atoms with Gasteiger partial charge in [0.15, 0.2) is 0 Å². The second kappa shape index (κ2) is 7.25. The van der Waals surface area contributed by atoms with Crippen LogP contribution in [0.2, 0.25) is 5.02 Å². The van der Waals surface area contributed by atoms with Gasteiger partial charge in [-0.3, -0.25) is 4.90 Å². The normalized spacial score (nSPS) is 15.5. The molecule has 6 heteroatoms. The Bertz CT molecular complexity index is 828. The van der Waals surface area contributed by atoms with Crippen LogP contribution in [0.5, 0.6) is 0 Å². The van der Waals surface area contributed by atoms with Gasteiger partial charge in [0, 0.05) is 42.5 Å². The number of hydrogen-bond donors (Lipinski definition) is 0. The van der Waals surface area contributed by atoms with Crippen molar-refractivity contribution in [1.29, 1.82) is 0 Å². The molecule has 1 aromatic heterocycles. The molecule has 0 radical (unpaired) electrons. The molecular weight excluding hydrogens is 336 g/mol. The number of halogens is 1. The first-order valence-corrected chi connectivity index (χ1v) is 8.76. The van der Waals surface area contributed by atoms with Gasteiger partial charge in [-0.2, -0.15) is 0 Å². The molecular formula is C19H19ClN4O. The monoisotopic (exact) mass is 354 g/mol. The maximum atomic E-state index is 6.02. The lowest BCUT2D eigenvalue weighted by atomic mass is 10.2. The zero-order chi connectivity index (χ0) is 17.1. The highest BCUT2D eigenvalue weighted by Crippen LogP contribution is 2.22. The lowest BCUT2D eigenvalue weighted by Crippen LogP contribution is -2.46. The van der Waals surface area contributed by atoms with E-state index >= 15 is 0 Å². The van der Waals surface area contributed by atoms with Crippen LogP contribution in [0.1, 0.15) is 5.89 Å². The van der Waals surface area contributed by atoms with E-state index < -0.39 is 0 Å². The lowest BCUT2D eigenvalue weighted by molar-refractivity contribution is 0.227. The molecule has 2 aromatic carbocycles. The molecule has 1 aliphatic heterocycles. The van der Waals surface area contributed by atoms with E-state index in [0.717, 1.165) is 31.7 Å². The van der Waals surface area contributed by atoms with E-state index in [9.17, 15) is 0 Å². The minimum absolute atomic E-state index is 0.514. The summed E-state index contributed by atoms with van der Waals surface area (Å²) >= 11 is 6.02. The SMILES string of the molecule is Clc1cccc(-c2nnc(CN3CCN(c4ccccc4)CC3)o2)c1. The van der Waals surface area contributed by atoms with Gasteiger partial charge in [-0.15, -0.1) is 10.2 Å². The van der Waals surface area contributed by atoms with Crippen LogP contribution in [0, 0.1) is 0 Å². The predicted molar refractivity (Wildman–Crippen MR) is 98.7 cm³/mol. The predicted octanol–water partition coefficient (Wildman–Crippen LogP) is 3.71. The Labute approximate surface area is 151 Å². The van der Waals surface area contributed by atoms with Crippen LogP contribution in [-0.4, -0.2) is 41.3 Å². The fraction of sp³-hybridized carbons (Fsp3) is 0.263. The van der Waals surface area contributed by atoms with Crippen LogP contribution in [0.4, 0.5) is 5.69 Å². The highest BCUT2D eigenvalue weighted by Gasteiger charge is 2.19. The van der Waals surface area contributed by atoms with Crippen molar-refractivity contribution >= 4 is 17.3 Å². The van der Waals surface area contributed by atoms with Crippen molar-refractivity contribution in [3.05, 3.63) is 65.5 Å². The highest BCUT2D eigenvalue weighted by molar-refractivity contribution is 6.30. The third-order valence-corrected chi connectivity index (χ3v) is 4.63. The third kappa shape index (κ3) is 3.83. The molecule has 5 nitrogen and oxygen atoms in total. The van der Waals surface area contributed by atoms with Gasteiger partial charge < -0.3 is 9.32 Å². The van der Waals surface area contributed by atoms with Crippen LogP contribution in [0.3, 0.4) is 0 Å². The summed E-state index contributed by atoms with van der Waals surface area (Å²) < 4.78 is 5.80. The Morgan fingerprint density at radius 2 is 1.72 bits per heavy atom. The average molecular weight is 355 g/mol. The standard InChI is InChI=1S/C19H19ClN4O/c20-16-6-4-5-15(13-16)19-22-21-18(25-19)14-23-9-11-24(12-10-23)17-7-2-1-3-8-17/h1-8,13H,9-12,14H2. The van der Waals surface area contributed by atoms with Crippen molar-refractivity contribution in [1.82, 2.24) is 15.1 Å². The molecule has 1 saturated heterocycles. The average Bonchev–Trinajstić information content (AvgIpc) is 3.12. The Balaban J connectivity index is 1.36. The molecule has 25 heavy (non-hydrogen) atoms. The number of benzene rings is 2. The molecule has 1 fully saturated rings. The van der Waals surface area contributed by atoms with Crippen molar-refractivity contribution in [2.24, 2.45) is 0 Å². The molecule has 0 atom stereocenters. The van der Waals surface area contributed by atoms with E-state index in [1.54, 1.807) is 0 Å². The zero-order valence-corrected chi connectivity index (χ0v) is 14.6. The summed E-state index contributed by atoms with van der Waals surface area (Å²) in [5, 5.41) is 8.98. The Kier molecular flexibility index (Phi) is 4.68. The van der Waals surface area contributed by atoms with E-state index in [4.69, 9.17) is 16.0 Å². The van der Waals surface area contributed by atoms with Gasteiger partial charge in [-0.1, -0.05) is 35.9 Å². The van der Waals surface area contributed by atoms with Crippen LogP contribution in [0.25, 0.3) is 11.5 Å². The van der Waals surface area contributed by atoms with Gasteiger partial charge in [-0.25, -0.2) is 0 Å². The van der Waals surface area contributed by atoms with E-state index in [-0.39, 0.29) is 0 Å². The van der Waals surface area contributed by atoms with Gasteiger partial charge in [0.05, 0.1) is 6.54 Å². The summed E-state index contributed by atoms with van der Waals surface area (Å²) in [6.07, 6.45) is 0. The summed E-state index contributed by atoms with van der Waals surface area (Å²) in [4.78, 5) is 4.75. The number of para-hydroxylation sites is 1. The van der Waals surface area contributed by atoms with Gasteiger partial charge in [0.25, 0.3) is 0 Å². The Morgan fingerprint density at radius 3 is 2.48 bits per heavy atom. The molecule has 0 amide bonds. The van der Waals surface area contributed by atoms with Crippen molar-refractivity contribution in [2.75, 3.05) is 31.1 Å². The molecule has 0 saturated carbocycles. The van der Waals surface area contributed by atoms with Crippen molar-refractivity contribution in [3.8, 4) is 11.5 Å². The molecule has 0 spiro atoms. The second-order valence-electron chi connectivity index (χ2n) is 6.11. The van der Waals surface area contributed by atoms with Crippen LogP contribution in [-0.2, 0) is 6.54 Å². The Hall–Kier alpha value is -2.37. The number of aromatic nitrogens is 2. The van der Waals surface area contributed by atoms with Gasteiger partial charge in [-0.05, 0) is 30.3 Å². The van der Waals surface area contributed by atoms with Crippen molar-refractivity contribution in [3.63, 3.8) is 0 Å². The van der Waals surface area contributed by atoms with Crippen molar-refractivity contribution in [2.45, 2.75) is 6.54 Å². The van der Waals surface area contributed by atoms with E-state index in [0.29, 0.717) is 23.3 Å². The first kappa shape index (κ1) is 16.1. The van der Waals surface area contributed by atoms with Gasteiger partial charge in [0.2, 0.25) is 11.8 Å². The molecule has 0 aliphatic carbocycles. The van der Waals surface area contributed by atoms with E-state index in [2.05, 4.69) is 44.3 Å². The smallest absolute Gasteiger partial charge is 0.247 e. The topological polar surface area (TPSA) is 45.4 Å². The molecule has 4 rings (SSSR count). The molecule has 0 bridgehead atoms. The summed E-state index contributed by atoms with van der Waals surface area (Å²) in [6.45, 7) is 4.63. The first-order valence-electron chi connectivity index (χ1n) is 8.38. The molecule has 0 unspecified atom stereocenters. The first-order chi connectivity index (χ1) is 12.3. The number of hydrogen-bond acceptors (Lipinski definition) is 5. The maximum absolute atomic E-state index is 6.02. The highest BCUT2D eigenvalue weighted by atomic mass is 35.5. The number of rotatable bonds is 4. The lowest BCUT2D eigenvalue weighted by Gasteiger charge is -2.35. The minimum Gasteiger partial charge on any atom is -0.419 e. The number of anilines is 1. The van der Waals surface area contributed by atoms with Gasteiger partial charge in [0.1, 0.15) is 0 Å². The molecule has 2 heterocycles. The van der Waals surface area contributed by atoms with Gasteiger partial charge >= 0.3 is 0 Å². The summed E-state index contributed by atoms with van der Waals surface area (Å²) in [5.74, 6) is 1.16. The van der Waals surface area contributed by atoms with E-state index in [1.807, 2.05) is 30.3 Å². The Morgan fingerprint density at radius 1 is 0.920 bits per heavy atom. The van der Waals surface area contributed by atoms with Crippen LogP contribution < -0.4 is 4.90 Å². The quantitative estimate of drug-likeness (QED) is 0.714. The summed E-state index contributed by atoms with van der Waals surface area (Å²) in [7, 11) is 0. The second-order valence-corrected chi connectivity index (χ2v) is 6.55. The fourth-order valence-corrected chi connectivity index (χ4v) is 3.24. The molecule has 3 aromatic rings. The third-order valence-electron chi connectivity index (χ3n) is 4.39. The van der Waals surface area contributed by atoms with Crippen LogP contribution >= 0.6 is 11.6 Å². The molecule has 0 N–H and O–H groups in total. The van der Waals surface area contributed by atoms with Crippen LogP contribution in [0.15, 0.2) is 59.0 Å². The minimum atomic E-state index is 0.514. The number of piperazine rings is 1. The molecule has 128 valence electrons. The maximum Gasteiger partial charge on any atom is 0.247 e.